The molecule has 2 rings (SSSR count). The summed E-state index contributed by atoms with van der Waals surface area (Å²) in [4.78, 5) is 4.96. The molecule has 0 fully saturated rings. The van der Waals surface area contributed by atoms with Crippen molar-refractivity contribution >= 4 is 19.4 Å². The number of nitrogens with zero attached hydrogens (tertiary/aromatic N) is 3. The summed E-state index contributed by atoms with van der Waals surface area (Å²) in [6.07, 6.45) is 0. The van der Waals surface area contributed by atoms with Crippen molar-refractivity contribution in [2.75, 3.05) is 32.8 Å². The van der Waals surface area contributed by atoms with Crippen LogP contribution in [0.4, 0.5) is 0 Å². The van der Waals surface area contributed by atoms with E-state index in [0.29, 0.717) is 6.61 Å². The Hall–Kier alpha value is -0.960. The van der Waals surface area contributed by atoms with Gasteiger partial charge in [-0.15, -0.1) is 0 Å². The lowest BCUT2D eigenvalue weighted by atomic mass is 9.97. The summed E-state index contributed by atoms with van der Waals surface area (Å²) in [5, 5.41) is 1.43. The van der Waals surface area contributed by atoms with E-state index in [1.807, 2.05) is 0 Å². The molecule has 1 atom stereocenters. The molecule has 146 valence electrons. The molecule has 4 nitrogen and oxygen atoms in total. The summed E-state index contributed by atoms with van der Waals surface area (Å²) >= 11 is 0. The van der Waals surface area contributed by atoms with Gasteiger partial charge in [-0.2, -0.15) is 0 Å². The molecule has 0 N–H and O–H groups in total. The molecule has 5 heteroatoms. The Balaban J connectivity index is 2.47. The van der Waals surface area contributed by atoms with Gasteiger partial charge in [-0.1, -0.05) is 72.7 Å². The van der Waals surface area contributed by atoms with Gasteiger partial charge < -0.3 is 4.74 Å². The van der Waals surface area contributed by atoms with Crippen LogP contribution in [0, 0.1) is 5.41 Å². The van der Waals surface area contributed by atoms with Gasteiger partial charge in [0.05, 0.1) is 8.22 Å². The Labute approximate surface area is 161 Å². The zero-order chi connectivity index (χ0) is 19.3. The molecule has 0 radical (unpaired) electrons. The molecular formula is C21H36N3OP. The van der Waals surface area contributed by atoms with Crippen LogP contribution in [0.2, 0.25) is 0 Å². The van der Waals surface area contributed by atoms with Crippen LogP contribution in [0.25, 0.3) is 0 Å². The van der Waals surface area contributed by atoms with Gasteiger partial charge in [0, 0.05) is 36.9 Å². The SMILES string of the molecule is CCN(CC)P(c1ccccc1[C@H]1COC(C(C)(C)C)=N1)N(CC)CC. The fraction of sp³-hybridized carbons (Fsp3) is 0.667. The van der Waals surface area contributed by atoms with Crippen LogP contribution < -0.4 is 5.30 Å². The van der Waals surface area contributed by atoms with E-state index < -0.39 is 8.22 Å². The number of rotatable bonds is 8. The van der Waals surface area contributed by atoms with E-state index in [2.05, 4.69) is 82.1 Å². The van der Waals surface area contributed by atoms with E-state index in [4.69, 9.17) is 9.73 Å². The minimum Gasteiger partial charge on any atom is -0.478 e. The maximum absolute atomic E-state index is 5.98. The average Bonchev–Trinajstić information content (AvgIpc) is 3.12. The summed E-state index contributed by atoms with van der Waals surface area (Å²) in [6, 6.07) is 8.98. The molecule has 0 unspecified atom stereocenters. The molecule has 26 heavy (non-hydrogen) atoms. The second-order valence-electron chi connectivity index (χ2n) is 7.64. The van der Waals surface area contributed by atoms with E-state index in [-0.39, 0.29) is 11.5 Å². The van der Waals surface area contributed by atoms with Crippen molar-refractivity contribution in [3.05, 3.63) is 29.8 Å². The van der Waals surface area contributed by atoms with Gasteiger partial charge in [-0.05, 0) is 5.56 Å². The van der Waals surface area contributed by atoms with Crippen LogP contribution in [0.3, 0.4) is 0 Å². The third-order valence-electron chi connectivity index (χ3n) is 4.80. The van der Waals surface area contributed by atoms with Crippen LogP contribution in [0.1, 0.15) is 60.1 Å². The molecule has 0 spiro atoms. The Morgan fingerprint density at radius 1 is 1.00 bits per heavy atom. The number of aliphatic imine (C=N–C) groups is 1. The van der Waals surface area contributed by atoms with Gasteiger partial charge in [0.15, 0.2) is 5.90 Å². The Kier molecular flexibility index (Phi) is 7.63. The second-order valence-corrected chi connectivity index (χ2v) is 9.83. The standard InChI is InChI=1S/C21H36N3OP/c1-8-23(9-2)26(24(10-3)11-4)19-15-13-12-14-17(19)18-16-25-20(22-18)21(5,6)7/h12-15,18H,8-11,16H2,1-7H3/t18-/m1/s1. The van der Waals surface area contributed by atoms with Crippen LogP contribution in [-0.4, -0.2) is 48.0 Å². The van der Waals surface area contributed by atoms with Gasteiger partial charge >= 0.3 is 0 Å². The van der Waals surface area contributed by atoms with Crippen molar-refractivity contribution in [1.29, 1.82) is 0 Å². The summed E-state index contributed by atoms with van der Waals surface area (Å²) in [6.45, 7) is 20.4. The normalized spacial score (nSPS) is 17.9. The molecule has 0 aromatic heterocycles. The zero-order valence-electron chi connectivity index (χ0n) is 17.6. The van der Waals surface area contributed by atoms with Crippen molar-refractivity contribution in [2.45, 2.75) is 54.5 Å². The van der Waals surface area contributed by atoms with E-state index >= 15 is 0 Å². The first-order valence-corrected chi connectivity index (χ1v) is 11.2. The van der Waals surface area contributed by atoms with E-state index in [1.54, 1.807) is 0 Å². The highest BCUT2D eigenvalue weighted by Gasteiger charge is 2.33. The maximum Gasteiger partial charge on any atom is 0.189 e. The summed E-state index contributed by atoms with van der Waals surface area (Å²) in [5.41, 5.74) is 1.29. The summed E-state index contributed by atoms with van der Waals surface area (Å²) in [7, 11) is -0.520. The third kappa shape index (κ3) is 4.65. The number of hydrogen-bond donors (Lipinski definition) is 0. The smallest absolute Gasteiger partial charge is 0.189 e. The van der Waals surface area contributed by atoms with E-state index in [1.165, 1.54) is 10.9 Å². The fourth-order valence-corrected chi connectivity index (χ4v) is 6.07. The van der Waals surface area contributed by atoms with Crippen molar-refractivity contribution in [3.63, 3.8) is 0 Å². The van der Waals surface area contributed by atoms with Gasteiger partial charge in [0.2, 0.25) is 0 Å². The Morgan fingerprint density at radius 3 is 2.00 bits per heavy atom. The van der Waals surface area contributed by atoms with Crippen molar-refractivity contribution in [1.82, 2.24) is 9.34 Å². The van der Waals surface area contributed by atoms with Crippen LogP contribution in [0.5, 0.6) is 0 Å². The molecule has 0 amide bonds. The van der Waals surface area contributed by atoms with Gasteiger partial charge in [-0.25, -0.2) is 4.99 Å². The largest absolute Gasteiger partial charge is 0.478 e. The molecule has 0 saturated carbocycles. The predicted octanol–water partition coefficient (Wildman–Crippen LogP) is 4.82. The highest BCUT2D eigenvalue weighted by molar-refractivity contribution is 7.61. The highest BCUT2D eigenvalue weighted by atomic mass is 31.1. The van der Waals surface area contributed by atoms with Crippen LogP contribution in [0.15, 0.2) is 29.3 Å². The van der Waals surface area contributed by atoms with Crippen molar-refractivity contribution in [2.24, 2.45) is 10.4 Å². The fourth-order valence-electron chi connectivity index (χ4n) is 3.36. The van der Waals surface area contributed by atoms with E-state index in [0.717, 1.165) is 32.1 Å². The molecule has 1 aliphatic rings. The average molecular weight is 378 g/mol. The lowest BCUT2D eigenvalue weighted by Crippen LogP contribution is -2.35. The number of benzene rings is 1. The molecule has 0 aliphatic carbocycles. The topological polar surface area (TPSA) is 28.1 Å². The zero-order valence-corrected chi connectivity index (χ0v) is 18.5. The predicted molar refractivity (Wildman–Crippen MR) is 114 cm³/mol. The molecule has 0 bridgehead atoms. The van der Waals surface area contributed by atoms with Crippen molar-refractivity contribution < 1.29 is 4.74 Å². The molecule has 0 saturated heterocycles. The first-order valence-electron chi connectivity index (χ1n) is 9.97. The van der Waals surface area contributed by atoms with Gasteiger partial charge in [0.25, 0.3) is 0 Å². The Bertz CT molecular complexity index is 592. The monoisotopic (exact) mass is 377 g/mol. The molecule has 1 aromatic carbocycles. The van der Waals surface area contributed by atoms with Crippen molar-refractivity contribution in [3.8, 4) is 0 Å². The van der Waals surface area contributed by atoms with E-state index in [9.17, 15) is 0 Å². The molecular weight excluding hydrogens is 341 g/mol. The van der Waals surface area contributed by atoms with Gasteiger partial charge in [0.1, 0.15) is 12.6 Å². The number of hydrogen-bond acceptors (Lipinski definition) is 4. The highest BCUT2D eigenvalue weighted by Crippen LogP contribution is 2.45. The lowest BCUT2D eigenvalue weighted by molar-refractivity contribution is 0.283. The molecule has 1 heterocycles. The Morgan fingerprint density at radius 2 is 1.54 bits per heavy atom. The quantitative estimate of drug-likeness (QED) is 0.608. The number of ether oxygens (including phenoxy) is 1. The first-order chi connectivity index (χ1) is 12.4. The van der Waals surface area contributed by atoms with Crippen LogP contribution in [-0.2, 0) is 4.74 Å². The molecule has 1 aliphatic heterocycles. The minimum absolute atomic E-state index is 0.0355. The summed E-state index contributed by atoms with van der Waals surface area (Å²) in [5.74, 6) is 0.882. The van der Waals surface area contributed by atoms with Crippen LogP contribution >= 0.6 is 8.22 Å². The first kappa shape index (κ1) is 21.3. The lowest BCUT2D eigenvalue weighted by Gasteiger charge is -2.39. The minimum atomic E-state index is -0.520. The second kappa shape index (κ2) is 9.30. The van der Waals surface area contributed by atoms with Gasteiger partial charge in [-0.3, -0.25) is 9.34 Å². The third-order valence-corrected chi connectivity index (χ3v) is 7.84. The summed E-state index contributed by atoms with van der Waals surface area (Å²) < 4.78 is 11.2. The molecule has 1 aromatic rings. The maximum atomic E-state index is 5.98.